The van der Waals surface area contributed by atoms with Gasteiger partial charge in [-0.3, -0.25) is 19.3 Å². The molecule has 0 saturated heterocycles. The van der Waals surface area contributed by atoms with Gasteiger partial charge in [0.05, 0.1) is 18.8 Å². The number of carbonyl (C=O) groups is 3. The number of likely N-dealkylation sites (N-methyl/N-ethyl adjacent to an activating group) is 1. The summed E-state index contributed by atoms with van der Waals surface area (Å²) in [7, 11) is 1.60. The van der Waals surface area contributed by atoms with E-state index in [9.17, 15) is 18.8 Å². The lowest BCUT2D eigenvalue weighted by atomic mass is 10.0. The van der Waals surface area contributed by atoms with E-state index in [1.807, 2.05) is 0 Å². The van der Waals surface area contributed by atoms with Crippen molar-refractivity contribution in [3.05, 3.63) is 94.8 Å². The highest BCUT2D eigenvalue weighted by Gasteiger charge is 2.17. The second kappa shape index (κ2) is 10.7. The highest BCUT2D eigenvalue weighted by Crippen LogP contribution is 2.23. The van der Waals surface area contributed by atoms with Crippen LogP contribution in [0.5, 0.6) is 0 Å². The number of halogens is 2. The molecule has 0 aliphatic rings. The highest BCUT2D eigenvalue weighted by atomic mass is 35.5. The molecule has 8 heteroatoms. The molecule has 0 bridgehead atoms. The van der Waals surface area contributed by atoms with Gasteiger partial charge in [-0.1, -0.05) is 48.0 Å². The van der Waals surface area contributed by atoms with E-state index in [2.05, 4.69) is 10.6 Å². The van der Waals surface area contributed by atoms with Gasteiger partial charge in [0, 0.05) is 21.8 Å². The molecule has 3 aromatic rings. The molecule has 6 nitrogen and oxygen atoms in total. The average Bonchev–Trinajstić information content (AvgIpc) is 2.74. The summed E-state index contributed by atoms with van der Waals surface area (Å²) in [4.78, 5) is 39.0. The molecular formula is C24H21ClFN3O3. The van der Waals surface area contributed by atoms with Crippen LogP contribution in [0, 0.1) is 5.82 Å². The molecule has 0 aromatic heterocycles. The molecule has 0 unspecified atom stereocenters. The Balaban J connectivity index is 1.62. The first-order valence-corrected chi connectivity index (χ1v) is 10.1. The fourth-order valence-electron chi connectivity index (χ4n) is 3.06. The molecule has 32 heavy (non-hydrogen) atoms. The zero-order valence-corrected chi connectivity index (χ0v) is 18.0. The number of hydrogen-bond donors (Lipinski definition) is 2. The molecule has 164 valence electrons. The number of nitrogens with one attached hydrogen (secondary N) is 2. The van der Waals surface area contributed by atoms with Crippen LogP contribution in [0.2, 0.25) is 5.02 Å². The first-order valence-electron chi connectivity index (χ1n) is 9.75. The van der Waals surface area contributed by atoms with Crippen LogP contribution in [0.25, 0.3) is 0 Å². The molecule has 0 aliphatic carbocycles. The smallest absolute Gasteiger partial charge is 0.238 e. The molecule has 0 fully saturated rings. The summed E-state index contributed by atoms with van der Waals surface area (Å²) in [6.45, 7) is -0.182. The van der Waals surface area contributed by atoms with Gasteiger partial charge >= 0.3 is 0 Å². The van der Waals surface area contributed by atoms with Crippen molar-refractivity contribution in [2.45, 2.75) is 0 Å². The number of carbonyl (C=O) groups excluding carboxylic acids is 3. The van der Waals surface area contributed by atoms with Crippen LogP contribution < -0.4 is 10.6 Å². The summed E-state index contributed by atoms with van der Waals surface area (Å²) in [5, 5.41) is 5.65. The normalized spacial score (nSPS) is 10.6. The molecule has 2 amide bonds. The Kier molecular flexibility index (Phi) is 7.70. The predicted molar refractivity (Wildman–Crippen MR) is 122 cm³/mol. The molecule has 0 aliphatic heterocycles. The zero-order chi connectivity index (χ0) is 23.1. The van der Waals surface area contributed by atoms with Crippen LogP contribution in [-0.4, -0.2) is 42.6 Å². The molecule has 0 spiro atoms. The number of rotatable bonds is 8. The Morgan fingerprint density at radius 2 is 1.56 bits per heavy atom. The minimum absolute atomic E-state index is 0.0830. The lowest BCUT2D eigenvalue weighted by Crippen LogP contribution is -2.36. The van der Waals surface area contributed by atoms with Gasteiger partial charge in [-0.25, -0.2) is 4.39 Å². The van der Waals surface area contributed by atoms with Gasteiger partial charge in [0.2, 0.25) is 11.8 Å². The average molecular weight is 454 g/mol. The van der Waals surface area contributed by atoms with Gasteiger partial charge in [-0.15, -0.1) is 0 Å². The third-order valence-corrected chi connectivity index (χ3v) is 4.71. The van der Waals surface area contributed by atoms with Gasteiger partial charge in [0.1, 0.15) is 5.82 Å². The maximum absolute atomic E-state index is 13.2. The lowest BCUT2D eigenvalue weighted by Gasteiger charge is -2.17. The van der Waals surface area contributed by atoms with E-state index in [1.165, 1.54) is 29.2 Å². The number of benzene rings is 3. The third-order valence-electron chi connectivity index (χ3n) is 4.47. The van der Waals surface area contributed by atoms with E-state index >= 15 is 0 Å². The van der Waals surface area contributed by atoms with E-state index in [-0.39, 0.29) is 24.4 Å². The second-order valence-electron chi connectivity index (χ2n) is 7.16. The monoisotopic (exact) mass is 453 g/mol. The van der Waals surface area contributed by atoms with Crippen LogP contribution in [0.1, 0.15) is 15.9 Å². The molecule has 0 atom stereocenters. The number of ketones is 1. The van der Waals surface area contributed by atoms with E-state index in [0.717, 1.165) is 0 Å². The van der Waals surface area contributed by atoms with Crippen molar-refractivity contribution in [2.75, 3.05) is 30.8 Å². The minimum atomic E-state index is -0.459. The van der Waals surface area contributed by atoms with Crippen molar-refractivity contribution in [3.63, 3.8) is 0 Å². The molecular weight excluding hydrogens is 433 g/mol. The maximum atomic E-state index is 13.2. The molecule has 3 rings (SSSR count). The summed E-state index contributed by atoms with van der Waals surface area (Å²) in [5.74, 6) is -1.53. The highest BCUT2D eigenvalue weighted by molar-refractivity contribution is 6.31. The molecule has 0 radical (unpaired) electrons. The summed E-state index contributed by atoms with van der Waals surface area (Å²) in [5.41, 5.74) is 1.39. The predicted octanol–water partition coefficient (Wildman–Crippen LogP) is 4.22. The fraction of sp³-hybridized carbons (Fsp3) is 0.125. The number of anilines is 2. The van der Waals surface area contributed by atoms with Crippen molar-refractivity contribution in [2.24, 2.45) is 0 Å². The zero-order valence-electron chi connectivity index (χ0n) is 17.3. The van der Waals surface area contributed by atoms with E-state index < -0.39 is 17.6 Å². The summed E-state index contributed by atoms with van der Waals surface area (Å²) < 4.78 is 13.2. The SMILES string of the molecule is CN(CC(=O)Nc1cccc(F)c1)CC(=O)Nc1ccc(Cl)cc1C(=O)c1ccccc1. The van der Waals surface area contributed by atoms with Gasteiger partial charge in [0.25, 0.3) is 0 Å². The van der Waals surface area contributed by atoms with Crippen molar-refractivity contribution in [1.82, 2.24) is 4.90 Å². The van der Waals surface area contributed by atoms with Crippen LogP contribution in [-0.2, 0) is 9.59 Å². The summed E-state index contributed by atoms with van der Waals surface area (Å²) in [6.07, 6.45) is 0. The van der Waals surface area contributed by atoms with Gasteiger partial charge in [-0.2, -0.15) is 0 Å². The van der Waals surface area contributed by atoms with E-state index in [4.69, 9.17) is 11.6 Å². The molecule has 3 aromatic carbocycles. The van der Waals surface area contributed by atoms with Crippen LogP contribution >= 0.6 is 11.6 Å². The fourth-order valence-corrected chi connectivity index (χ4v) is 3.23. The van der Waals surface area contributed by atoms with Crippen LogP contribution in [0.15, 0.2) is 72.8 Å². The maximum Gasteiger partial charge on any atom is 0.238 e. The van der Waals surface area contributed by atoms with Crippen molar-refractivity contribution < 1.29 is 18.8 Å². The Hall–Kier alpha value is -3.55. The summed E-state index contributed by atoms with van der Waals surface area (Å²) in [6, 6.07) is 18.8. The Labute approximate surface area is 190 Å². The van der Waals surface area contributed by atoms with E-state index in [1.54, 1.807) is 55.6 Å². The van der Waals surface area contributed by atoms with Gasteiger partial charge in [0.15, 0.2) is 5.78 Å². The van der Waals surface area contributed by atoms with Crippen LogP contribution in [0.3, 0.4) is 0 Å². The Morgan fingerprint density at radius 3 is 2.25 bits per heavy atom. The molecule has 0 saturated carbocycles. The van der Waals surface area contributed by atoms with E-state index in [0.29, 0.717) is 22.0 Å². The van der Waals surface area contributed by atoms with Crippen LogP contribution in [0.4, 0.5) is 15.8 Å². The first-order chi connectivity index (χ1) is 15.3. The molecule has 0 heterocycles. The topological polar surface area (TPSA) is 78.5 Å². The summed E-state index contributed by atoms with van der Waals surface area (Å²) >= 11 is 6.06. The van der Waals surface area contributed by atoms with Crippen molar-refractivity contribution in [3.8, 4) is 0 Å². The Morgan fingerprint density at radius 1 is 0.875 bits per heavy atom. The van der Waals surface area contributed by atoms with Crippen molar-refractivity contribution >= 4 is 40.6 Å². The first kappa shape index (κ1) is 23.1. The number of hydrogen-bond acceptors (Lipinski definition) is 4. The van der Waals surface area contributed by atoms with Gasteiger partial charge < -0.3 is 10.6 Å². The standard InChI is InChI=1S/C24H21ClFN3O3/c1-29(14-22(30)27-19-9-5-8-18(26)13-19)15-23(31)28-21-11-10-17(25)12-20(21)24(32)16-6-3-2-4-7-16/h2-13H,14-15H2,1H3,(H,27,30)(H,28,31). The van der Waals surface area contributed by atoms with Gasteiger partial charge in [-0.05, 0) is 43.4 Å². The molecule has 2 N–H and O–H groups in total. The minimum Gasteiger partial charge on any atom is -0.325 e. The van der Waals surface area contributed by atoms with Crippen molar-refractivity contribution in [1.29, 1.82) is 0 Å². The third kappa shape index (κ3) is 6.47. The second-order valence-corrected chi connectivity index (χ2v) is 7.60. The number of amides is 2. The number of nitrogens with zero attached hydrogens (tertiary/aromatic N) is 1. The quantitative estimate of drug-likeness (QED) is 0.500. The largest absolute Gasteiger partial charge is 0.325 e. The lowest BCUT2D eigenvalue weighted by molar-refractivity contribution is -0.119. The Bertz CT molecular complexity index is 1140.